The molecule has 2 N–H and O–H groups in total. The standard InChI is InChI=1S/C20H19ClN4O4S/c1-13-9-15(21)7-8-16(13)28-11-19-24-25-20(29-19)30-12-18(27)23-22-17(26)10-14-5-3-2-4-6-14/h2-9H,10-12H2,1H3,(H,22,26)(H,23,27). The van der Waals surface area contributed by atoms with E-state index >= 15 is 0 Å². The summed E-state index contributed by atoms with van der Waals surface area (Å²) >= 11 is 6.97. The molecule has 0 aliphatic rings. The summed E-state index contributed by atoms with van der Waals surface area (Å²) in [6.45, 7) is 1.98. The van der Waals surface area contributed by atoms with Crippen LogP contribution in [0.4, 0.5) is 0 Å². The molecular weight excluding hydrogens is 428 g/mol. The third-order valence-corrected chi connectivity index (χ3v) is 4.87. The molecule has 0 aliphatic carbocycles. The van der Waals surface area contributed by atoms with Crippen LogP contribution in [0.25, 0.3) is 0 Å². The number of carbonyl (C=O) groups excluding carboxylic acids is 2. The van der Waals surface area contributed by atoms with Gasteiger partial charge in [-0.15, -0.1) is 10.2 Å². The van der Waals surface area contributed by atoms with E-state index in [9.17, 15) is 9.59 Å². The molecule has 0 saturated heterocycles. The zero-order chi connectivity index (χ0) is 21.3. The first-order chi connectivity index (χ1) is 14.5. The summed E-state index contributed by atoms with van der Waals surface area (Å²) in [5.41, 5.74) is 6.47. The number of amides is 2. The molecule has 0 unspecified atom stereocenters. The van der Waals surface area contributed by atoms with Crippen LogP contribution in [-0.2, 0) is 22.6 Å². The van der Waals surface area contributed by atoms with Crippen LogP contribution < -0.4 is 15.6 Å². The Hall–Kier alpha value is -3.04. The number of nitrogens with zero attached hydrogens (tertiary/aromatic N) is 2. The molecule has 1 heterocycles. The van der Waals surface area contributed by atoms with Crippen LogP contribution in [0.2, 0.25) is 5.02 Å². The van der Waals surface area contributed by atoms with Crippen molar-refractivity contribution in [3.63, 3.8) is 0 Å². The molecule has 3 aromatic rings. The average molecular weight is 447 g/mol. The van der Waals surface area contributed by atoms with Crippen LogP contribution in [0.15, 0.2) is 58.2 Å². The van der Waals surface area contributed by atoms with Gasteiger partial charge < -0.3 is 9.15 Å². The number of nitrogens with one attached hydrogen (secondary N) is 2. The van der Waals surface area contributed by atoms with Gasteiger partial charge in [0.05, 0.1) is 12.2 Å². The molecule has 0 saturated carbocycles. The first kappa shape index (κ1) is 21.7. The van der Waals surface area contributed by atoms with Crippen molar-refractivity contribution in [2.45, 2.75) is 25.2 Å². The van der Waals surface area contributed by atoms with E-state index in [-0.39, 0.29) is 35.8 Å². The first-order valence-electron chi connectivity index (χ1n) is 8.95. The molecule has 3 rings (SSSR count). The topological polar surface area (TPSA) is 106 Å². The molecule has 0 radical (unpaired) electrons. The Balaban J connectivity index is 1.38. The molecule has 0 bridgehead atoms. The van der Waals surface area contributed by atoms with Crippen LogP contribution >= 0.6 is 23.4 Å². The first-order valence-corrected chi connectivity index (χ1v) is 10.3. The summed E-state index contributed by atoms with van der Waals surface area (Å²) in [7, 11) is 0. The second-order valence-corrected chi connectivity index (χ2v) is 7.57. The molecule has 156 valence electrons. The molecule has 10 heteroatoms. The van der Waals surface area contributed by atoms with E-state index in [0.717, 1.165) is 22.9 Å². The number of ether oxygens (including phenoxy) is 1. The number of hydrogen-bond donors (Lipinski definition) is 2. The van der Waals surface area contributed by atoms with Crippen LogP contribution in [-0.4, -0.2) is 27.8 Å². The molecule has 0 fully saturated rings. The number of carbonyl (C=O) groups is 2. The number of hydrogen-bond acceptors (Lipinski definition) is 7. The molecule has 0 atom stereocenters. The van der Waals surface area contributed by atoms with E-state index in [0.29, 0.717) is 10.8 Å². The van der Waals surface area contributed by atoms with Crippen LogP contribution in [0.5, 0.6) is 5.75 Å². The number of thioether (sulfide) groups is 1. The van der Waals surface area contributed by atoms with Crippen molar-refractivity contribution in [2.24, 2.45) is 0 Å². The minimum absolute atomic E-state index is 0.00437. The molecule has 1 aromatic heterocycles. The van der Waals surface area contributed by atoms with E-state index in [1.807, 2.05) is 37.3 Å². The maximum absolute atomic E-state index is 11.9. The zero-order valence-corrected chi connectivity index (χ0v) is 17.6. The van der Waals surface area contributed by atoms with Crippen molar-refractivity contribution >= 4 is 35.2 Å². The van der Waals surface area contributed by atoms with Crippen LogP contribution in [0, 0.1) is 6.92 Å². The third-order valence-electron chi connectivity index (χ3n) is 3.81. The van der Waals surface area contributed by atoms with Crippen molar-refractivity contribution in [3.8, 4) is 5.75 Å². The largest absolute Gasteiger partial charge is 0.484 e. The Morgan fingerprint density at radius 1 is 1.10 bits per heavy atom. The SMILES string of the molecule is Cc1cc(Cl)ccc1OCc1nnc(SCC(=O)NNC(=O)Cc2ccccc2)o1. The molecule has 8 nitrogen and oxygen atoms in total. The van der Waals surface area contributed by atoms with E-state index < -0.39 is 5.91 Å². The lowest BCUT2D eigenvalue weighted by Gasteiger charge is -2.07. The second-order valence-electron chi connectivity index (χ2n) is 6.21. The fraction of sp³-hybridized carbons (Fsp3) is 0.200. The Morgan fingerprint density at radius 3 is 2.63 bits per heavy atom. The predicted octanol–water partition coefficient (Wildman–Crippen LogP) is 3.09. The quantitative estimate of drug-likeness (QED) is 0.404. The smallest absolute Gasteiger partial charge is 0.277 e. The maximum Gasteiger partial charge on any atom is 0.277 e. The highest BCUT2D eigenvalue weighted by Gasteiger charge is 2.12. The van der Waals surface area contributed by atoms with E-state index in [1.54, 1.807) is 18.2 Å². The molecule has 30 heavy (non-hydrogen) atoms. The summed E-state index contributed by atoms with van der Waals surface area (Å²) in [6, 6.07) is 14.5. The van der Waals surface area contributed by atoms with Gasteiger partial charge >= 0.3 is 0 Å². The normalized spacial score (nSPS) is 10.5. The van der Waals surface area contributed by atoms with Gasteiger partial charge in [-0.3, -0.25) is 20.4 Å². The van der Waals surface area contributed by atoms with Crippen molar-refractivity contribution in [2.75, 3.05) is 5.75 Å². The van der Waals surface area contributed by atoms with Gasteiger partial charge in [0, 0.05) is 5.02 Å². The number of aryl methyl sites for hydroxylation is 1. The Kier molecular flexibility index (Phi) is 7.69. The minimum atomic E-state index is -0.394. The maximum atomic E-state index is 11.9. The summed E-state index contributed by atoms with van der Waals surface area (Å²) in [4.78, 5) is 23.7. The van der Waals surface area contributed by atoms with Crippen LogP contribution in [0.1, 0.15) is 17.0 Å². The van der Waals surface area contributed by atoms with Crippen molar-refractivity contribution in [3.05, 3.63) is 70.6 Å². The summed E-state index contributed by atoms with van der Waals surface area (Å²) in [5.74, 6) is 0.244. The molecular formula is C20H19ClN4O4S. The summed E-state index contributed by atoms with van der Waals surface area (Å²) < 4.78 is 11.1. The lowest BCUT2D eigenvalue weighted by molar-refractivity contribution is -0.127. The van der Waals surface area contributed by atoms with Gasteiger partial charge in [-0.05, 0) is 36.2 Å². The number of rotatable bonds is 8. The second kappa shape index (κ2) is 10.7. The van der Waals surface area contributed by atoms with Gasteiger partial charge in [0.1, 0.15) is 5.75 Å². The predicted molar refractivity (Wildman–Crippen MR) is 112 cm³/mol. The van der Waals surface area contributed by atoms with Gasteiger partial charge in [-0.1, -0.05) is 53.7 Å². The average Bonchev–Trinajstić information content (AvgIpc) is 3.19. The Labute approximate surface area is 182 Å². The van der Waals surface area contributed by atoms with E-state index in [2.05, 4.69) is 21.0 Å². The van der Waals surface area contributed by atoms with Crippen molar-refractivity contribution in [1.29, 1.82) is 0 Å². The van der Waals surface area contributed by atoms with Gasteiger partial charge in [0.25, 0.3) is 11.1 Å². The Morgan fingerprint density at radius 2 is 1.87 bits per heavy atom. The van der Waals surface area contributed by atoms with E-state index in [1.165, 1.54) is 0 Å². The number of halogens is 1. The molecule has 0 spiro atoms. The number of benzene rings is 2. The van der Waals surface area contributed by atoms with Gasteiger partial charge in [-0.2, -0.15) is 0 Å². The van der Waals surface area contributed by atoms with Crippen molar-refractivity contribution in [1.82, 2.24) is 21.0 Å². The summed E-state index contributed by atoms with van der Waals surface area (Å²) in [5, 5.41) is 8.61. The molecule has 2 amide bonds. The highest BCUT2D eigenvalue weighted by atomic mass is 35.5. The van der Waals surface area contributed by atoms with Crippen molar-refractivity contribution < 1.29 is 18.7 Å². The monoisotopic (exact) mass is 446 g/mol. The fourth-order valence-electron chi connectivity index (χ4n) is 2.40. The highest BCUT2D eigenvalue weighted by Crippen LogP contribution is 2.23. The number of aromatic nitrogens is 2. The fourth-order valence-corrected chi connectivity index (χ4v) is 3.20. The minimum Gasteiger partial charge on any atom is -0.484 e. The lowest BCUT2D eigenvalue weighted by atomic mass is 10.1. The third kappa shape index (κ3) is 6.78. The van der Waals surface area contributed by atoms with Gasteiger partial charge in [0.15, 0.2) is 6.61 Å². The van der Waals surface area contributed by atoms with Gasteiger partial charge in [-0.25, -0.2) is 0 Å². The highest BCUT2D eigenvalue weighted by molar-refractivity contribution is 7.99. The zero-order valence-electron chi connectivity index (χ0n) is 16.1. The summed E-state index contributed by atoms with van der Waals surface area (Å²) in [6.07, 6.45) is 0.175. The lowest BCUT2D eigenvalue weighted by Crippen LogP contribution is -2.43. The molecule has 2 aromatic carbocycles. The Bertz CT molecular complexity index is 1010. The molecule has 0 aliphatic heterocycles. The van der Waals surface area contributed by atoms with Gasteiger partial charge in [0.2, 0.25) is 11.8 Å². The number of hydrazine groups is 1. The van der Waals surface area contributed by atoms with Crippen LogP contribution in [0.3, 0.4) is 0 Å². The van der Waals surface area contributed by atoms with E-state index in [4.69, 9.17) is 20.8 Å².